The van der Waals surface area contributed by atoms with Crippen LogP contribution in [0.2, 0.25) is 0 Å². The van der Waals surface area contributed by atoms with Crippen molar-refractivity contribution in [3.8, 4) is 11.5 Å². The van der Waals surface area contributed by atoms with Crippen LogP contribution in [0.1, 0.15) is 24.4 Å². The number of piperidine rings is 1. The lowest BCUT2D eigenvalue weighted by Gasteiger charge is -2.29. The normalized spacial score (nSPS) is 17.6. The van der Waals surface area contributed by atoms with E-state index in [0.29, 0.717) is 11.7 Å². The van der Waals surface area contributed by atoms with E-state index in [1.54, 1.807) is 13.2 Å². The van der Waals surface area contributed by atoms with Crippen molar-refractivity contribution in [1.82, 2.24) is 5.32 Å². The Morgan fingerprint density at radius 2 is 2.05 bits per heavy atom. The number of ether oxygens (including phenoxy) is 1. The molecule has 6 heteroatoms. The first-order chi connectivity index (χ1) is 8.63. The van der Waals surface area contributed by atoms with Crippen LogP contribution in [0, 0.1) is 5.92 Å². The van der Waals surface area contributed by atoms with Crippen LogP contribution >= 0.6 is 28.3 Å². The molecule has 0 radical (unpaired) electrons. The van der Waals surface area contributed by atoms with E-state index in [2.05, 4.69) is 21.2 Å². The first-order valence-electron chi connectivity index (χ1n) is 6.16. The topological polar surface area (TPSA) is 67.5 Å². The van der Waals surface area contributed by atoms with Crippen molar-refractivity contribution >= 4 is 28.3 Å². The molecule has 0 unspecified atom stereocenters. The molecule has 1 aliphatic rings. The molecule has 108 valence electrons. The number of halogens is 2. The third-order valence-electron chi connectivity index (χ3n) is 3.54. The zero-order chi connectivity index (χ0) is 13.1. The first kappa shape index (κ1) is 16.6. The zero-order valence-corrected chi connectivity index (χ0v) is 13.3. The molecule has 0 bridgehead atoms. The molecule has 1 aromatic carbocycles. The van der Waals surface area contributed by atoms with E-state index in [4.69, 9.17) is 10.5 Å². The highest BCUT2D eigenvalue weighted by molar-refractivity contribution is 9.10. The fraction of sp³-hybridized carbons (Fsp3) is 0.538. The van der Waals surface area contributed by atoms with Crippen molar-refractivity contribution in [2.24, 2.45) is 11.7 Å². The number of phenols is 1. The molecule has 19 heavy (non-hydrogen) atoms. The number of hydrogen-bond donors (Lipinski definition) is 3. The van der Waals surface area contributed by atoms with Gasteiger partial charge in [-0.1, -0.05) is 15.9 Å². The van der Waals surface area contributed by atoms with Gasteiger partial charge in [0.15, 0.2) is 11.5 Å². The van der Waals surface area contributed by atoms with Crippen LogP contribution in [-0.2, 0) is 0 Å². The van der Waals surface area contributed by atoms with Crippen LogP contribution in [0.3, 0.4) is 0 Å². The summed E-state index contributed by atoms with van der Waals surface area (Å²) in [5.41, 5.74) is 7.06. The summed E-state index contributed by atoms with van der Waals surface area (Å²) >= 11 is 3.42. The van der Waals surface area contributed by atoms with Crippen LogP contribution in [0.25, 0.3) is 0 Å². The molecule has 0 amide bonds. The van der Waals surface area contributed by atoms with Crippen LogP contribution in [0.5, 0.6) is 11.5 Å². The molecular weight excluding hydrogens is 332 g/mol. The second-order valence-corrected chi connectivity index (χ2v) is 5.57. The lowest BCUT2D eigenvalue weighted by molar-refractivity contribution is 0.311. The van der Waals surface area contributed by atoms with Crippen molar-refractivity contribution < 1.29 is 9.84 Å². The molecule has 4 N–H and O–H groups in total. The summed E-state index contributed by atoms with van der Waals surface area (Å²) in [7, 11) is 1.54. The molecule has 0 saturated carbocycles. The van der Waals surface area contributed by atoms with Gasteiger partial charge in [-0.15, -0.1) is 12.4 Å². The van der Waals surface area contributed by atoms with Crippen molar-refractivity contribution in [3.05, 3.63) is 22.2 Å². The van der Waals surface area contributed by atoms with Crippen molar-refractivity contribution in [3.63, 3.8) is 0 Å². The fourth-order valence-corrected chi connectivity index (χ4v) is 2.92. The maximum Gasteiger partial charge on any atom is 0.162 e. The lowest BCUT2D eigenvalue weighted by Crippen LogP contribution is -2.33. The van der Waals surface area contributed by atoms with Gasteiger partial charge in [-0.3, -0.25) is 0 Å². The van der Waals surface area contributed by atoms with Gasteiger partial charge < -0.3 is 20.9 Å². The van der Waals surface area contributed by atoms with E-state index >= 15 is 0 Å². The lowest BCUT2D eigenvalue weighted by atomic mass is 9.86. The minimum absolute atomic E-state index is 0. The van der Waals surface area contributed by atoms with Gasteiger partial charge in [0.05, 0.1) is 7.11 Å². The third kappa shape index (κ3) is 3.75. The second kappa shape index (κ2) is 7.33. The average Bonchev–Trinajstić information content (AvgIpc) is 2.41. The molecule has 1 saturated heterocycles. The van der Waals surface area contributed by atoms with Crippen molar-refractivity contribution in [2.45, 2.75) is 18.9 Å². The molecule has 1 heterocycles. The van der Waals surface area contributed by atoms with Crippen molar-refractivity contribution in [2.75, 3.05) is 20.2 Å². The summed E-state index contributed by atoms with van der Waals surface area (Å²) in [5, 5.41) is 13.5. The van der Waals surface area contributed by atoms with E-state index in [9.17, 15) is 5.11 Å². The molecular formula is C13H20BrClN2O2. The monoisotopic (exact) mass is 350 g/mol. The van der Waals surface area contributed by atoms with E-state index < -0.39 is 0 Å². The van der Waals surface area contributed by atoms with E-state index in [0.717, 1.165) is 36.0 Å². The highest BCUT2D eigenvalue weighted by Crippen LogP contribution is 2.39. The van der Waals surface area contributed by atoms with Crippen LogP contribution in [0.15, 0.2) is 16.6 Å². The Morgan fingerprint density at radius 3 is 2.63 bits per heavy atom. The molecule has 1 atom stereocenters. The summed E-state index contributed by atoms with van der Waals surface area (Å²) in [4.78, 5) is 0. The first-order valence-corrected chi connectivity index (χ1v) is 6.95. The Kier molecular flexibility index (Phi) is 6.39. The minimum atomic E-state index is -0.154. The summed E-state index contributed by atoms with van der Waals surface area (Å²) in [6.07, 6.45) is 2.07. The average molecular weight is 352 g/mol. The second-order valence-electron chi connectivity index (χ2n) is 4.66. The Labute approximate surface area is 128 Å². The van der Waals surface area contributed by atoms with Crippen LogP contribution in [0.4, 0.5) is 0 Å². The standard InChI is InChI=1S/C13H19BrN2O2.ClH/c1-18-11-7-9(14)6-10(13(11)17)12(15)8-2-4-16-5-3-8;/h6-8,12,16-17H,2-5,15H2,1H3;1H/t12-;/m1./s1. The molecule has 0 aromatic heterocycles. The van der Waals surface area contributed by atoms with Gasteiger partial charge in [-0.2, -0.15) is 0 Å². The Balaban J connectivity index is 0.00000180. The third-order valence-corrected chi connectivity index (χ3v) is 4.00. The number of phenolic OH excluding ortho intramolecular Hbond substituents is 1. The van der Waals surface area contributed by atoms with Gasteiger partial charge in [0, 0.05) is 16.1 Å². The number of hydrogen-bond acceptors (Lipinski definition) is 4. The predicted octanol–water partition coefficient (Wildman–Crippen LogP) is 2.58. The maximum absolute atomic E-state index is 10.2. The van der Waals surface area contributed by atoms with Gasteiger partial charge in [0.2, 0.25) is 0 Å². The SMILES string of the molecule is COc1cc(Br)cc([C@H](N)C2CCNCC2)c1O.Cl. The quantitative estimate of drug-likeness (QED) is 0.783. The van der Waals surface area contributed by atoms with Gasteiger partial charge in [-0.25, -0.2) is 0 Å². The summed E-state index contributed by atoms with van der Waals surface area (Å²) in [5.74, 6) is 1.02. The number of nitrogens with two attached hydrogens (primary N) is 1. The molecule has 0 spiro atoms. The maximum atomic E-state index is 10.2. The number of nitrogens with one attached hydrogen (secondary N) is 1. The van der Waals surface area contributed by atoms with Gasteiger partial charge in [-0.05, 0) is 44.0 Å². The number of aromatic hydroxyl groups is 1. The summed E-state index contributed by atoms with van der Waals surface area (Å²) < 4.78 is 6.03. The predicted molar refractivity (Wildman–Crippen MR) is 82.1 cm³/mol. The molecule has 2 rings (SSSR count). The van der Waals surface area contributed by atoms with Crippen LogP contribution in [-0.4, -0.2) is 25.3 Å². The molecule has 1 fully saturated rings. The van der Waals surface area contributed by atoms with Crippen molar-refractivity contribution in [1.29, 1.82) is 0 Å². The number of methoxy groups -OCH3 is 1. The Hall–Kier alpha value is -0.490. The minimum Gasteiger partial charge on any atom is -0.504 e. The van der Waals surface area contributed by atoms with E-state index in [1.807, 2.05) is 6.07 Å². The molecule has 1 aliphatic heterocycles. The zero-order valence-electron chi connectivity index (χ0n) is 10.9. The van der Waals surface area contributed by atoms with E-state index in [-0.39, 0.29) is 24.2 Å². The van der Waals surface area contributed by atoms with Crippen LogP contribution < -0.4 is 15.8 Å². The number of benzene rings is 1. The smallest absolute Gasteiger partial charge is 0.162 e. The van der Waals surface area contributed by atoms with Gasteiger partial charge in [0.1, 0.15) is 0 Å². The highest BCUT2D eigenvalue weighted by atomic mass is 79.9. The number of rotatable bonds is 3. The van der Waals surface area contributed by atoms with E-state index in [1.165, 1.54) is 0 Å². The highest BCUT2D eigenvalue weighted by Gasteiger charge is 2.25. The van der Waals surface area contributed by atoms with Gasteiger partial charge >= 0.3 is 0 Å². The molecule has 1 aromatic rings. The van der Waals surface area contributed by atoms with Gasteiger partial charge in [0.25, 0.3) is 0 Å². The largest absolute Gasteiger partial charge is 0.504 e. The fourth-order valence-electron chi connectivity index (χ4n) is 2.46. The Bertz CT molecular complexity index is 425. The summed E-state index contributed by atoms with van der Waals surface area (Å²) in [6.45, 7) is 1.98. The molecule has 0 aliphatic carbocycles. The summed E-state index contributed by atoms with van der Waals surface area (Å²) in [6, 6.07) is 3.47. The molecule has 4 nitrogen and oxygen atoms in total. The Morgan fingerprint density at radius 1 is 1.42 bits per heavy atom.